The molecule has 0 atom stereocenters. The van der Waals surface area contributed by atoms with E-state index in [2.05, 4.69) is 5.32 Å². The maximum atomic E-state index is 14.7. The molecule has 36 heavy (non-hydrogen) atoms. The smallest absolute Gasteiger partial charge is 0.337 e. The summed E-state index contributed by atoms with van der Waals surface area (Å²) in [6.45, 7) is 0.0404. The van der Waals surface area contributed by atoms with E-state index in [0.717, 1.165) is 11.0 Å². The van der Waals surface area contributed by atoms with Crippen LogP contribution in [0.1, 0.15) is 30.9 Å². The van der Waals surface area contributed by atoms with Gasteiger partial charge in [0.05, 0.1) is 17.1 Å². The van der Waals surface area contributed by atoms with Gasteiger partial charge in [0.2, 0.25) is 0 Å². The van der Waals surface area contributed by atoms with Crippen LogP contribution in [0.4, 0.5) is 15.8 Å². The van der Waals surface area contributed by atoms with Crippen LogP contribution in [0.3, 0.4) is 0 Å². The van der Waals surface area contributed by atoms with Crippen LogP contribution >= 0.6 is 0 Å². The van der Waals surface area contributed by atoms with Gasteiger partial charge in [-0.2, -0.15) is 0 Å². The number of nitrogens with zero attached hydrogens (tertiary/aromatic N) is 3. The standard InChI is InChI=1S/C26H26BFN4O4/c1-30-22(34)14-21(29-20-10-7-16(27)13-19(20)28)23-24(30)31(26(36)32(25(23)35)17-8-9-17)18-6-2-4-15(12-18)5-3-11-33/h2,4,6-7,10,12-14,17,29,33H,3,5,8-9,11,27H2,1H3. The Labute approximate surface area is 206 Å². The molecule has 0 unspecified atom stereocenters. The van der Waals surface area contributed by atoms with Crippen molar-refractivity contribution in [3.05, 3.63) is 91.1 Å². The molecular formula is C26H26BFN4O4. The number of rotatable bonds is 7. The van der Waals surface area contributed by atoms with Gasteiger partial charge in [0.1, 0.15) is 24.7 Å². The molecule has 1 aliphatic carbocycles. The fraction of sp³-hybridized carbons (Fsp3) is 0.269. The summed E-state index contributed by atoms with van der Waals surface area (Å²) in [4.78, 5) is 40.4. The largest absolute Gasteiger partial charge is 0.396 e. The zero-order valence-corrected chi connectivity index (χ0v) is 20.1. The fourth-order valence-electron chi connectivity index (χ4n) is 4.55. The number of fused-ring (bicyclic) bond motifs is 1. The van der Waals surface area contributed by atoms with Crippen molar-refractivity contribution in [2.75, 3.05) is 11.9 Å². The number of aliphatic hydroxyl groups excluding tert-OH is 1. The van der Waals surface area contributed by atoms with E-state index in [9.17, 15) is 23.9 Å². The quantitative estimate of drug-likeness (QED) is 0.382. The zero-order valence-electron chi connectivity index (χ0n) is 20.1. The van der Waals surface area contributed by atoms with Gasteiger partial charge in [0.25, 0.3) is 11.1 Å². The van der Waals surface area contributed by atoms with Gasteiger partial charge in [0, 0.05) is 25.8 Å². The van der Waals surface area contributed by atoms with E-state index in [-0.39, 0.29) is 35.1 Å². The first-order valence-electron chi connectivity index (χ1n) is 11.9. The molecule has 2 N–H and O–H groups in total. The van der Waals surface area contributed by atoms with Crippen molar-refractivity contribution in [2.24, 2.45) is 7.05 Å². The van der Waals surface area contributed by atoms with Gasteiger partial charge < -0.3 is 10.4 Å². The maximum Gasteiger partial charge on any atom is 0.337 e. The first kappa shape index (κ1) is 23.8. The first-order chi connectivity index (χ1) is 17.3. The van der Waals surface area contributed by atoms with E-state index in [4.69, 9.17) is 0 Å². The van der Waals surface area contributed by atoms with Crippen LogP contribution in [0, 0.1) is 5.82 Å². The van der Waals surface area contributed by atoms with Crippen LogP contribution < -0.4 is 27.6 Å². The van der Waals surface area contributed by atoms with Crippen LogP contribution in [0.5, 0.6) is 0 Å². The molecule has 8 nitrogen and oxygen atoms in total. The number of nitrogens with one attached hydrogen (secondary N) is 1. The lowest BCUT2D eigenvalue weighted by molar-refractivity contribution is 0.288. The molecule has 184 valence electrons. The monoisotopic (exact) mass is 488 g/mol. The summed E-state index contributed by atoms with van der Waals surface area (Å²) < 4.78 is 18.6. The van der Waals surface area contributed by atoms with Gasteiger partial charge in [-0.25, -0.2) is 13.8 Å². The van der Waals surface area contributed by atoms with E-state index in [1.165, 1.54) is 32.9 Å². The van der Waals surface area contributed by atoms with Gasteiger partial charge in [0.15, 0.2) is 0 Å². The second-order valence-corrected chi connectivity index (χ2v) is 9.28. The van der Waals surface area contributed by atoms with Crippen molar-refractivity contribution in [3.63, 3.8) is 0 Å². The minimum atomic E-state index is -0.525. The second-order valence-electron chi connectivity index (χ2n) is 9.28. The van der Waals surface area contributed by atoms with E-state index in [1.807, 2.05) is 12.1 Å². The SMILES string of the molecule is Bc1ccc(Nc2cc(=O)n(C)c3c2c(=O)n(C2CC2)c(=O)n3-c2cccc(CCCO)c2)c(F)c1. The molecule has 4 aromatic rings. The molecule has 0 amide bonds. The third kappa shape index (κ3) is 4.17. The predicted molar refractivity (Wildman–Crippen MR) is 141 cm³/mol. The number of hydrogen-bond donors (Lipinski definition) is 2. The summed E-state index contributed by atoms with van der Waals surface area (Å²) in [5, 5.41) is 12.3. The predicted octanol–water partition coefficient (Wildman–Crippen LogP) is 1.25. The molecule has 5 rings (SSSR count). The van der Waals surface area contributed by atoms with Crippen LogP contribution in [0.25, 0.3) is 16.7 Å². The van der Waals surface area contributed by atoms with Crippen molar-refractivity contribution in [1.29, 1.82) is 0 Å². The topological polar surface area (TPSA) is 98.3 Å². The molecule has 0 saturated heterocycles. The average Bonchev–Trinajstić information content (AvgIpc) is 3.68. The summed E-state index contributed by atoms with van der Waals surface area (Å²) in [6.07, 6.45) is 2.59. The highest BCUT2D eigenvalue weighted by Gasteiger charge is 2.31. The van der Waals surface area contributed by atoms with Crippen LogP contribution in [-0.2, 0) is 13.5 Å². The molecule has 10 heteroatoms. The van der Waals surface area contributed by atoms with Crippen molar-refractivity contribution < 1.29 is 9.50 Å². The number of benzene rings is 2. The Morgan fingerprint density at radius 3 is 2.56 bits per heavy atom. The van der Waals surface area contributed by atoms with Crippen LogP contribution in [0.2, 0.25) is 0 Å². The van der Waals surface area contributed by atoms with Crippen molar-refractivity contribution in [2.45, 2.75) is 31.7 Å². The zero-order chi connectivity index (χ0) is 25.6. The molecule has 2 heterocycles. The minimum Gasteiger partial charge on any atom is -0.396 e. The number of aryl methyl sites for hydroxylation is 2. The summed E-state index contributed by atoms with van der Waals surface area (Å²) in [7, 11) is 3.27. The first-order valence-corrected chi connectivity index (χ1v) is 11.9. The average molecular weight is 488 g/mol. The van der Waals surface area contributed by atoms with E-state index >= 15 is 0 Å². The van der Waals surface area contributed by atoms with Crippen molar-refractivity contribution in [3.8, 4) is 5.69 Å². The molecular weight excluding hydrogens is 462 g/mol. The highest BCUT2D eigenvalue weighted by atomic mass is 19.1. The molecule has 0 aliphatic heterocycles. The lowest BCUT2D eigenvalue weighted by Gasteiger charge is -2.19. The molecule has 1 saturated carbocycles. The minimum absolute atomic E-state index is 0.0404. The molecule has 2 aromatic heterocycles. The third-order valence-corrected chi connectivity index (χ3v) is 6.55. The highest BCUT2D eigenvalue weighted by molar-refractivity contribution is 6.32. The fourth-order valence-corrected chi connectivity index (χ4v) is 4.55. The Kier molecular flexibility index (Phi) is 6.13. The van der Waals surface area contributed by atoms with Gasteiger partial charge in [-0.05, 0) is 55.5 Å². The Hall–Kier alpha value is -3.92. The number of hydrogen-bond acceptors (Lipinski definition) is 5. The molecule has 0 bridgehead atoms. The second kappa shape index (κ2) is 9.27. The van der Waals surface area contributed by atoms with Gasteiger partial charge in [-0.1, -0.05) is 23.7 Å². The van der Waals surface area contributed by atoms with Gasteiger partial charge in [-0.3, -0.25) is 18.7 Å². The normalized spacial score (nSPS) is 13.3. The highest BCUT2D eigenvalue weighted by Crippen LogP contribution is 2.33. The lowest BCUT2D eigenvalue weighted by Crippen LogP contribution is -2.41. The molecule has 1 fully saturated rings. The number of anilines is 2. The van der Waals surface area contributed by atoms with Crippen LogP contribution in [0.15, 0.2) is 62.9 Å². The summed E-state index contributed by atoms with van der Waals surface area (Å²) in [5.74, 6) is -0.517. The Balaban J connectivity index is 1.84. The maximum absolute atomic E-state index is 14.7. The summed E-state index contributed by atoms with van der Waals surface area (Å²) in [5.41, 5.74) is 1.04. The summed E-state index contributed by atoms with van der Waals surface area (Å²) in [6, 6.07) is 12.9. The van der Waals surface area contributed by atoms with Crippen molar-refractivity contribution >= 4 is 35.7 Å². The number of aromatic nitrogens is 3. The van der Waals surface area contributed by atoms with E-state index in [1.54, 1.807) is 32.1 Å². The summed E-state index contributed by atoms with van der Waals surface area (Å²) >= 11 is 0. The lowest BCUT2D eigenvalue weighted by atomic mass is 9.96. The van der Waals surface area contributed by atoms with E-state index < -0.39 is 22.6 Å². The molecule has 1 aliphatic rings. The number of pyridine rings is 1. The third-order valence-electron chi connectivity index (χ3n) is 6.55. The van der Waals surface area contributed by atoms with Crippen LogP contribution in [-0.4, -0.2) is 33.3 Å². The number of aliphatic hydroxyl groups is 1. The van der Waals surface area contributed by atoms with Crippen molar-refractivity contribution in [1.82, 2.24) is 13.7 Å². The molecule has 0 radical (unpaired) electrons. The van der Waals surface area contributed by atoms with Gasteiger partial charge >= 0.3 is 5.69 Å². The number of halogens is 1. The molecule has 0 spiro atoms. The Bertz CT molecular complexity index is 1670. The van der Waals surface area contributed by atoms with E-state index in [0.29, 0.717) is 31.4 Å². The molecule has 2 aromatic carbocycles. The van der Waals surface area contributed by atoms with Gasteiger partial charge in [-0.15, -0.1) is 0 Å². The Morgan fingerprint density at radius 1 is 1.08 bits per heavy atom. The Morgan fingerprint density at radius 2 is 1.86 bits per heavy atom.